The minimum atomic E-state index is -0.666. The number of rotatable bonds is 15. The van der Waals surface area contributed by atoms with Crippen LogP contribution < -0.4 is 26.4 Å². The number of amides is 2. The number of phenols is 1. The van der Waals surface area contributed by atoms with Crippen LogP contribution in [-0.2, 0) is 29.6 Å². The van der Waals surface area contributed by atoms with Gasteiger partial charge in [-0.25, -0.2) is 4.79 Å². The summed E-state index contributed by atoms with van der Waals surface area (Å²) in [6, 6.07) is 22.8. The van der Waals surface area contributed by atoms with Crippen molar-refractivity contribution in [2.75, 3.05) is 43.4 Å². The Morgan fingerprint density at radius 2 is 1.62 bits per heavy atom. The molecule has 0 bridgehead atoms. The van der Waals surface area contributed by atoms with Crippen molar-refractivity contribution in [3.8, 4) is 22.8 Å². The Balaban J connectivity index is 0.794. The summed E-state index contributed by atoms with van der Waals surface area (Å²) >= 11 is 0. The van der Waals surface area contributed by atoms with E-state index in [-0.39, 0.29) is 23.8 Å². The van der Waals surface area contributed by atoms with Crippen molar-refractivity contribution in [3.63, 3.8) is 0 Å². The number of piperidine rings is 1. The molecule has 2 aliphatic rings. The number of aromatic hydroxyl groups is 1. The van der Waals surface area contributed by atoms with Crippen molar-refractivity contribution in [2.24, 2.45) is 7.05 Å². The maximum absolute atomic E-state index is 13.0. The van der Waals surface area contributed by atoms with Gasteiger partial charge in [-0.1, -0.05) is 56.0 Å². The maximum atomic E-state index is 13.0. The smallest absolute Gasteiger partial charge is 0.329 e. The first kappa shape index (κ1) is 37.6. The molecule has 0 aliphatic carbocycles. The van der Waals surface area contributed by atoms with Crippen LogP contribution in [0.2, 0.25) is 0 Å². The van der Waals surface area contributed by atoms with E-state index in [0.717, 1.165) is 100 Å². The molecule has 2 amide bonds. The minimum Gasteiger partial charge on any atom is -0.507 e. The number of hydrogen-bond acceptors (Lipinski definition) is 10. The van der Waals surface area contributed by atoms with Crippen LogP contribution in [-0.4, -0.2) is 73.9 Å². The predicted molar refractivity (Wildman–Crippen MR) is 213 cm³/mol. The number of nitrogens with zero attached hydrogens (tertiary/aromatic N) is 6. The molecule has 1 atom stereocenters. The lowest BCUT2D eigenvalue weighted by molar-refractivity contribution is -0.135. The Kier molecular flexibility index (Phi) is 11.8. The monoisotopic (exact) mass is 746 g/mol. The van der Waals surface area contributed by atoms with Crippen molar-refractivity contribution in [1.82, 2.24) is 29.5 Å². The van der Waals surface area contributed by atoms with Gasteiger partial charge in [0.15, 0.2) is 5.82 Å². The number of imide groups is 1. The number of para-hydroxylation sites is 1. The van der Waals surface area contributed by atoms with Crippen molar-refractivity contribution >= 4 is 34.4 Å². The topological polar surface area (TPSA) is 161 Å². The van der Waals surface area contributed by atoms with Gasteiger partial charge < -0.3 is 20.5 Å². The van der Waals surface area contributed by atoms with Crippen LogP contribution >= 0.6 is 0 Å². The number of benzene rings is 3. The average molecular weight is 747 g/mol. The highest BCUT2D eigenvalue weighted by Crippen LogP contribution is 2.32. The molecule has 2 aliphatic heterocycles. The van der Waals surface area contributed by atoms with E-state index in [4.69, 9.17) is 10.5 Å². The zero-order valence-electron chi connectivity index (χ0n) is 31.5. The molecule has 2 fully saturated rings. The van der Waals surface area contributed by atoms with E-state index < -0.39 is 11.9 Å². The largest absolute Gasteiger partial charge is 0.507 e. The van der Waals surface area contributed by atoms with Gasteiger partial charge in [0.2, 0.25) is 11.8 Å². The van der Waals surface area contributed by atoms with Crippen LogP contribution in [0.5, 0.6) is 11.5 Å². The number of fused-ring (bicyclic) bond motifs is 1. The number of nitrogens with two attached hydrogens (primary N) is 1. The third-order valence-corrected chi connectivity index (χ3v) is 10.8. The molecule has 0 spiro atoms. The lowest BCUT2D eigenvalue weighted by Gasteiger charge is -2.36. The number of carbonyl (C=O) groups excluding carboxylic acids is 2. The number of piperazine rings is 1. The lowest BCUT2D eigenvalue weighted by Crippen LogP contribution is -2.46. The lowest BCUT2D eigenvalue weighted by atomic mass is 10.0. The third-order valence-electron chi connectivity index (χ3n) is 10.8. The van der Waals surface area contributed by atoms with E-state index in [1.807, 2.05) is 36.4 Å². The van der Waals surface area contributed by atoms with Crippen LogP contribution in [0.4, 0.5) is 11.5 Å². The van der Waals surface area contributed by atoms with Crippen LogP contribution in [0.25, 0.3) is 22.3 Å². The molecule has 0 saturated carbocycles. The predicted octanol–water partition coefficient (Wildman–Crippen LogP) is 5.35. The van der Waals surface area contributed by atoms with Crippen LogP contribution in [0.1, 0.15) is 68.5 Å². The molecule has 3 aromatic carbocycles. The van der Waals surface area contributed by atoms with E-state index in [1.165, 1.54) is 15.7 Å². The van der Waals surface area contributed by atoms with E-state index in [2.05, 4.69) is 49.6 Å². The fraction of sp³-hybridized carbons (Fsp3) is 0.405. The fourth-order valence-corrected chi connectivity index (χ4v) is 7.73. The van der Waals surface area contributed by atoms with Gasteiger partial charge in [0.1, 0.15) is 17.5 Å². The number of aromatic nitrogens is 4. The molecule has 13 nitrogen and oxygen atoms in total. The zero-order valence-corrected chi connectivity index (χ0v) is 31.5. The van der Waals surface area contributed by atoms with Gasteiger partial charge in [0.25, 0.3) is 0 Å². The number of nitrogen functional groups attached to an aromatic ring is 1. The Morgan fingerprint density at radius 1 is 0.836 bits per heavy atom. The van der Waals surface area contributed by atoms with Gasteiger partial charge >= 0.3 is 5.69 Å². The summed E-state index contributed by atoms with van der Waals surface area (Å²) in [6.07, 6.45) is 8.17. The van der Waals surface area contributed by atoms with Gasteiger partial charge in [-0.05, 0) is 79.3 Å². The van der Waals surface area contributed by atoms with Crippen molar-refractivity contribution in [3.05, 3.63) is 94.4 Å². The SMILES string of the molecule is Cn1c(=O)n(C2CCC(=O)NC2=O)c2ccc(CCCCCCCCOc3cccc(CN4CCN(c5cc(-c6ccccc6O)nnc5N)CC4)c3)cc21. The Morgan fingerprint density at radius 3 is 2.42 bits per heavy atom. The highest BCUT2D eigenvalue weighted by molar-refractivity contribution is 6.00. The number of anilines is 2. The van der Waals surface area contributed by atoms with Crippen LogP contribution in [0.3, 0.4) is 0 Å². The first-order chi connectivity index (χ1) is 26.7. The molecule has 4 N–H and O–H groups in total. The highest BCUT2D eigenvalue weighted by atomic mass is 16.5. The summed E-state index contributed by atoms with van der Waals surface area (Å²) in [6.45, 7) is 4.94. The number of carbonyl (C=O) groups is 2. The van der Waals surface area contributed by atoms with E-state index in [1.54, 1.807) is 23.7 Å². The first-order valence-electron chi connectivity index (χ1n) is 19.4. The Hall–Kier alpha value is -5.69. The number of hydrogen-bond donors (Lipinski definition) is 3. The second-order valence-electron chi connectivity index (χ2n) is 14.6. The van der Waals surface area contributed by atoms with Gasteiger partial charge in [0.05, 0.1) is 29.0 Å². The fourth-order valence-electron chi connectivity index (χ4n) is 7.73. The van der Waals surface area contributed by atoms with E-state index in [9.17, 15) is 19.5 Å². The number of aryl methyl sites for hydroxylation is 2. The molecule has 55 heavy (non-hydrogen) atoms. The van der Waals surface area contributed by atoms with Crippen molar-refractivity contribution in [2.45, 2.75) is 70.4 Å². The summed E-state index contributed by atoms with van der Waals surface area (Å²) in [7, 11) is 1.73. The standard InChI is InChI=1S/C42H50N8O5/c1-47-36-26-29(16-17-34(36)50(42(47)54)35-18-19-39(52)44-41(35)53)11-6-4-2-3-5-9-24-55-31-13-10-12-30(25-31)28-48-20-22-49(23-21-48)37-27-33(45-46-40(37)43)32-14-7-8-15-38(32)51/h7-8,10,12-17,25-27,35,51H,2-6,9,11,18-24,28H2,1H3,(H2,43,46)(H,44,52,53). The normalized spacial score (nSPS) is 16.5. The summed E-state index contributed by atoms with van der Waals surface area (Å²) in [4.78, 5) is 41.8. The van der Waals surface area contributed by atoms with Crippen molar-refractivity contribution in [1.29, 1.82) is 0 Å². The number of ether oxygens (including phenoxy) is 1. The molecular weight excluding hydrogens is 697 g/mol. The quantitative estimate of drug-likeness (QED) is 0.0942. The van der Waals surface area contributed by atoms with E-state index in [0.29, 0.717) is 30.1 Å². The van der Waals surface area contributed by atoms with Crippen LogP contribution in [0.15, 0.2) is 77.6 Å². The van der Waals surface area contributed by atoms with Gasteiger partial charge in [-0.2, -0.15) is 0 Å². The maximum Gasteiger partial charge on any atom is 0.329 e. The molecule has 5 aromatic rings. The average Bonchev–Trinajstić information content (AvgIpc) is 3.43. The number of nitrogens with one attached hydrogen (secondary N) is 1. The zero-order chi connectivity index (χ0) is 38.3. The summed E-state index contributed by atoms with van der Waals surface area (Å²) < 4.78 is 9.26. The van der Waals surface area contributed by atoms with Gasteiger partial charge in [-0.3, -0.25) is 28.9 Å². The number of imidazole rings is 1. The molecule has 4 heterocycles. The summed E-state index contributed by atoms with van der Waals surface area (Å²) in [5, 5.41) is 21.1. The molecule has 0 radical (unpaired) electrons. The molecule has 2 aromatic heterocycles. The number of phenolic OH excluding ortho intramolecular Hbond substituents is 1. The Labute approximate surface area is 320 Å². The molecule has 288 valence electrons. The molecule has 13 heteroatoms. The van der Waals surface area contributed by atoms with Gasteiger partial charge in [-0.15, -0.1) is 10.2 Å². The molecule has 1 unspecified atom stereocenters. The van der Waals surface area contributed by atoms with E-state index >= 15 is 0 Å². The molecule has 7 rings (SSSR count). The van der Waals surface area contributed by atoms with Crippen LogP contribution in [0, 0.1) is 0 Å². The van der Waals surface area contributed by atoms with Crippen molar-refractivity contribution < 1.29 is 19.4 Å². The molecular formula is C42H50N8O5. The first-order valence-corrected chi connectivity index (χ1v) is 19.4. The Bertz CT molecular complexity index is 2210. The number of unbranched alkanes of at least 4 members (excludes halogenated alkanes) is 5. The highest BCUT2D eigenvalue weighted by Gasteiger charge is 2.31. The summed E-state index contributed by atoms with van der Waals surface area (Å²) in [5.41, 5.74) is 12.0. The second-order valence-corrected chi connectivity index (χ2v) is 14.6. The third kappa shape index (κ3) is 8.83. The second kappa shape index (κ2) is 17.2. The minimum absolute atomic E-state index is 0.166. The molecule has 2 saturated heterocycles. The summed E-state index contributed by atoms with van der Waals surface area (Å²) in [5.74, 6) is 0.759. The van der Waals surface area contributed by atoms with Gasteiger partial charge in [0, 0.05) is 51.8 Å².